The van der Waals surface area contributed by atoms with Crippen molar-refractivity contribution in [3.63, 3.8) is 0 Å². The van der Waals surface area contributed by atoms with Gasteiger partial charge in [-0.25, -0.2) is 0 Å². The highest BCUT2D eigenvalue weighted by Crippen LogP contribution is 2.49. The van der Waals surface area contributed by atoms with E-state index in [1.54, 1.807) is 0 Å². The largest absolute Gasteiger partial charge is 0.454 e. The summed E-state index contributed by atoms with van der Waals surface area (Å²) >= 11 is 3.77. The van der Waals surface area contributed by atoms with Crippen molar-refractivity contribution >= 4 is 140 Å². The molecule has 0 radical (unpaired) electrons. The number of aromatic nitrogens is 2. The zero-order valence-electron chi connectivity index (χ0n) is 49.5. The number of fused-ring (bicyclic) bond motifs is 18. The summed E-state index contributed by atoms with van der Waals surface area (Å²) < 4.78 is 23.4. The quantitative estimate of drug-likeness (QED) is 0.159. The third kappa shape index (κ3) is 8.14. The average Bonchev–Trinajstić information content (AvgIpc) is 1.58. The molecule has 0 amide bonds. The molecule has 0 aliphatic heterocycles. The second kappa shape index (κ2) is 21.0. The zero-order chi connectivity index (χ0) is 60.4. The monoisotopic (exact) mass is 1210 g/mol. The highest BCUT2D eigenvalue weighted by molar-refractivity contribution is 7.27. The molecule has 0 spiro atoms. The van der Waals surface area contributed by atoms with Crippen molar-refractivity contribution in [2.24, 2.45) is 0 Å². The Morgan fingerprint density at radius 2 is 0.652 bits per heavy atom. The van der Waals surface area contributed by atoms with E-state index < -0.39 is 0 Å². The highest BCUT2D eigenvalue weighted by atomic mass is 32.1. The van der Waals surface area contributed by atoms with E-state index in [1.807, 2.05) is 22.7 Å². The van der Waals surface area contributed by atoms with Crippen molar-refractivity contribution in [3.8, 4) is 67.0 Å². The van der Waals surface area contributed by atoms with Crippen LogP contribution in [0.25, 0.3) is 184 Å². The summed E-state index contributed by atoms with van der Waals surface area (Å²) in [6.45, 7) is 0. The van der Waals surface area contributed by atoms with Crippen molar-refractivity contribution in [1.82, 2.24) is 9.13 Å². The molecule has 6 heterocycles. The minimum Gasteiger partial charge on any atom is -0.454 e. The molecular weight excluding hydrogens is 1160 g/mol. The molecule has 0 aliphatic carbocycles. The molecule has 14 aromatic carbocycles. The summed E-state index contributed by atoms with van der Waals surface area (Å²) in [5.74, 6) is 0. The Labute approximate surface area is 536 Å². The third-order valence-electron chi connectivity index (χ3n) is 18.6. The minimum absolute atomic E-state index is 0.893. The first-order valence-corrected chi connectivity index (χ1v) is 32.8. The molecule has 92 heavy (non-hydrogen) atoms. The van der Waals surface area contributed by atoms with Gasteiger partial charge in [-0.2, -0.15) is 0 Å². The summed E-state index contributed by atoms with van der Waals surface area (Å²) in [7, 11) is 0. The Morgan fingerprint density at radius 3 is 1.21 bits per heavy atom. The van der Waals surface area contributed by atoms with Crippen LogP contribution in [0.1, 0.15) is 0 Å². The maximum atomic E-state index is 6.73. The number of nitrogens with zero attached hydrogens (tertiary/aromatic N) is 2. The summed E-state index contributed by atoms with van der Waals surface area (Å²) in [4.78, 5) is 0. The van der Waals surface area contributed by atoms with Gasteiger partial charge in [0.15, 0.2) is 11.2 Å². The van der Waals surface area contributed by atoms with Crippen molar-refractivity contribution < 1.29 is 8.83 Å². The van der Waals surface area contributed by atoms with Gasteiger partial charge in [0.25, 0.3) is 0 Å². The van der Waals surface area contributed by atoms with Crippen LogP contribution in [0.4, 0.5) is 0 Å². The SMILES string of the molecule is c1ccc(-c2cccc3c2sc2cccc(-c4ccccc4-c4ccc5c(c4)oc4c6ccccc6n(-c6ccccc6)c54)c23)cc1.c1ccc(-n2c3ccccc3c3oc4cc(-c5ccccc5-c5cccc6sc7c8ccccc8ccc7c56)ccc4c32)cc1. The molecule has 20 aromatic rings. The molecule has 4 nitrogen and oxygen atoms in total. The van der Waals surface area contributed by atoms with Crippen LogP contribution >= 0.6 is 22.7 Å². The number of rotatable bonds is 7. The maximum Gasteiger partial charge on any atom is 0.161 e. The fraction of sp³-hybridized carbons (Fsp3) is 0. The Balaban J connectivity index is 0.000000132. The molecule has 0 fully saturated rings. The molecule has 20 rings (SSSR count). The predicted octanol–water partition coefficient (Wildman–Crippen LogP) is 25.3. The van der Waals surface area contributed by atoms with Crippen LogP contribution in [0.5, 0.6) is 0 Å². The van der Waals surface area contributed by atoms with Gasteiger partial charge in [-0.15, -0.1) is 22.7 Å². The lowest BCUT2D eigenvalue weighted by Crippen LogP contribution is -1.92. The smallest absolute Gasteiger partial charge is 0.161 e. The van der Waals surface area contributed by atoms with E-state index >= 15 is 0 Å². The molecule has 430 valence electrons. The van der Waals surface area contributed by atoms with Crippen molar-refractivity contribution in [1.29, 1.82) is 0 Å². The lowest BCUT2D eigenvalue weighted by atomic mass is 9.91. The summed E-state index contributed by atoms with van der Waals surface area (Å²) in [5, 5.41) is 12.3. The van der Waals surface area contributed by atoms with E-state index in [4.69, 9.17) is 8.83 Å². The van der Waals surface area contributed by atoms with Crippen LogP contribution in [-0.2, 0) is 0 Å². The van der Waals surface area contributed by atoms with E-state index in [0.717, 1.165) is 88.4 Å². The first kappa shape index (κ1) is 52.4. The minimum atomic E-state index is 0.893. The van der Waals surface area contributed by atoms with Gasteiger partial charge in [-0.05, 0) is 151 Å². The fourth-order valence-corrected chi connectivity index (χ4v) is 17.1. The average molecular weight is 1210 g/mol. The highest BCUT2D eigenvalue weighted by Gasteiger charge is 2.24. The Morgan fingerprint density at radius 1 is 0.250 bits per heavy atom. The standard InChI is InChI=1S/C44H27NOS.C42H25NOS/c1-3-13-28(14-4-1)32-20-11-22-37-41-34(21-12-24-40(41)47-44(32)37)33-18-8-7-17-31(33)29-25-26-36-39(27-29)46-43-35-19-9-10-23-38(35)45(42(36)43)30-15-5-2-6-16-30;1-2-12-28(13-3-1)43-36-19-9-8-17-33(36)41-40(43)34-23-22-27(25-37(34)44-41)29-14-6-7-16-31(29)32-18-10-20-38-39(32)35-24-21-26-11-4-5-15-30(26)42(35)45-38/h1-27H;1-25H. The number of hydrogen-bond acceptors (Lipinski definition) is 4. The van der Waals surface area contributed by atoms with Crippen molar-refractivity contribution in [2.45, 2.75) is 0 Å². The number of para-hydroxylation sites is 4. The Hall–Kier alpha value is -11.5. The van der Waals surface area contributed by atoms with Crippen LogP contribution in [0, 0.1) is 0 Å². The van der Waals surface area contributed by atoms with Gasteiger partial charge in [0.2, 0.25) is 0 Å². The molecular formula is C86H52N2O2S2. The van der Waals surface area contributed by atoms with Gasteiger partial charge in [-0.3, -0.25) is 0 Å². The summed E-state index contributed by atoms with van der Waals surface area (Å²) in [6.07, 6.45) is 0. The molecule has 6 aromatic heterocycles. The normalized spacial score (nSPS) is 11.9. The lowest BCUT2D eigenvalue weighted by molar-refractivity contribution is 0.672. The van der Waals surface area contributed by atoms with E-state index in [1.165, 1.54) is 95.6 Å². The van der Waals surface area contributed by atoms with E-state index in [0.29, 0.717) is 0 Å². The van der Waals surface area contributed by atoms with E-state index in [-0.39, 0.29) is 0 Å². The van der Waals surface area contributed by atoms with Crippen LogP contribution in [-0.4, -0.2) is 9.13 Å². The summed E-state index contributed by atoms with van der Waals surface area (Å²) in [6, 6.07) is 113. The molecule has 0 bridgehead atoms. The second-order valence-electron chi connectivity index (χ2n) is 23.7. The van der Waals surface area contributed by atoms with E-state index in [9.17, 15) is 0 Å². The number of hydrogen-bond donors (Lipinski definition) is 0. The van der Waals surface area contributed by atoms with Crippen molar-refractivity contribution in [3.05, 3.63) is 315 Å². The number of thiophene rings is 2. The molecule has 0 unspecified atom stereocenters. The molecule has 0 saturated heterocycles. The van der Waals surface area contributed by atoms with Crippen LogP contribution in [0.3, 0.4) is 0 Å². The van der Waals surface area contributed by atoms with Gasteiger partial charge in [-0.1, -0.05) is 231 Å². The lowest BCUT2D eigenvalue weighted by Gasteiger charge is -2.12. The zero-order valence-corrected chi connectivity index (χ0v) is 51.2. The maximum absolute atomic E-state index is 6.73. The first-order valence-electron chi connectivity index (χ1n) is 31.2. The Bertz CT molecular complexity index is 6320. The molecule has 0 saturated carbocycles. The fourth-order valence-electron chi connectivity index (χ4n) is 14.6. The van der Waals surface area contributed by atoms with Crippen LogP contribution in [0.2, 0.25) is 0 Å². The number of furan rings is 2. The van der Waals surface area contributed by atoms with Crippen LogP contribution < -0.4 is 0 Å². The number of benzene rings is 14. The molecule has 6 heteroatoms. The van der Waals surface area contributed by atoms with E-state index in [2.05, 4.69) is 325 Å². The molecule has 0 N–H and O–H groups in total. The third-order valence-corrected chi connectivity index (χ3v) is 21.0. The Kier molecular flexibility index (Phi) is 12.0. The molecule has 0 atom stereocenters. The predicted molar refractivity (Wildman–Crippen MR) is 392 cm³/mol. The van der Waals surface area contributed by atoms with Gasteiger partial charge in [0, 0.05) is 73.3 Å². The van der Waals surface area contributed by atoms with Crippen molar-refractivity contribution in [2.75, 3.05) is 0 Å². The summed E-state index contributed by atoms with van der Waals surface area (Å²) in [5.41, 5.74) is 22.6. The van der Waals surface area contributed by atoms with Gasteiger partial charge in [0.1, 0.15) is 22.2 Å². The van der Waals surface area contributed by atoms with Gasteiger partial charge in [0.05, 0.1) is 11.0 Å². The van der Waals surface area contributed by atoms with Gasteiger partial charge >= 0.3 is 0 Å². The molecule has 0 aliphatic rings. The topological polar surface area (TPSA) is 36.1 Å². The first-order chi connectivity index (χ1) is 45.7. The second-order valence-corrected chi connectivity index (χ2v) is 25.8. The van der Waals surface area contributed by atoms with Crippen LogP contribution in [0.15, 0.2) is 324 Å². The van der Waals surface area contributed by atoms with Gasteiger partial charge < -0.3 is 18.0 Å².